The summed E-state index contributed by atoms with van der Waals surface area (Å²) in [7, 11) is 4.00. The molecule has 0 fully saturated rings. The summed E-state index contributed by atoms with van der Waals surface area (Å²) in [6.07, 6.45) is 2.31. The number of amides is 1. The number of carbonyl (C=O) groups excluding carboxylic acids is 1. The van der Waals surface area contributed by atoms with Gasteiger partial charge in [0, 0.05) is 42.4 Å². The highest BCUT2D eigenvalue weighted by Crippen LogP contribution is 2.31. The number of hydrazone groups is 1. The zero-order chi connectivity index (χ0) is 19.7. The van der Waals surface area contributed by atoms with Crippen molar-refractivity contribution >= 4 is 28.7 Å². The largest absolute Gasteiger partial charge is 0.378 e. The van der Waals surface area contributed by atoms with E-state index in [1.165, 1.54) is 10.9 Å². The molecule has 2 aromatic carbocycles. The van der Waals surface area contributed by atoms with E-state index in [9.17, 15) is 4.79 Å². The van der Waals surface area contributed by atoms with Crippen LogP contribution in [0.15, 0.2) is 53.6 Å². The van der Waals surface area contributed by atoms with Gasteiger partial charge in [0.15, 0.2) is 0 Å². The molecule has 144 valence electrons. The number of nitrogens with one attached hydrogen (secondary N) is 3. The van der Waals surface area contributed by atoms with Gasteiger partial charge in [-0.15, -0.1) is 0 Å². The van der Waals surface area contributed by atoms with Crippen molar-refractivity contribution < 1.29 is 4.79 Å². The molecular formula is C22H25N5O. The van der Waals surface area contributed by atoms with Gasteiger partial charge in [0.05, 0.1) is 12.3 Å². The Morgan fingerprint density at radius 2 is 1.93 bits per heavy atom. The average Bonchev–Trinajstić information content (AvgIpc) is 3.08. The first-order valence-electron chi connectivity index (χ1n) is 9.49. The minimum Gasteiger partial charge on any atom is -0.378 e. The molecule has 6 heteroatoms. The minimum absolute atomic E-state index is 0.0782. The molecule has 1 aromatic heterocycles. The maximum atomic E-state index is 12.6. The Morgan fingerprint density at radius 3 is 2.68 bits per heavy atom. The average molecular weight is 375 g/mol. The molecule has 28 heavy (non-hydrogen) atoms. The van der Waals surface area contributed by atoms with Gasteiger partial charge >= 0.3 is 0 Å². The van der Waals surface area contributed by atoms with E-state index in [-0.39, 0.29) is 18.0 Å². The van der Waals surface area contributed by atoms with Crippen molar-refractivity contribution in [2.75, 3.05) is 19.0 Å². The van der Waals surface area contributed by atoms with Gasteiger partial charge < -0.3 is 9.88 Å². The molecular weight excluding hydrogens is 350 g/mol. The predicted octanol–water partition coefficient (Wildman–Crippen LogP) is 2.96. The number of nitrogens with zero attached hydrogens (tertiary/aromatic N) is 2. The quantitative estimate of drug-likeness (QED) is 0.485. The lowest BCUT2D eigenvalue weighted by Crippen LogP contribution is -2.47. The lowest BCUT2D eigenvalue weighted by Gasteiger charge is -2.27. The number of benzene rings is 2. The van der Waals surface area contributed by atoms with Crippen LogP contribution in [0.5, 0.6) is 0 Å². The van der Waals surface area contributed by atoms with Crippen LogP contribution in [0.4, 0.5) is 5.69 Å². The van der Waals surface area contributed by atoms with Crippen LogP contribution in [0.1, 0.15) is 29.8 Å². The fourth-order valence-corrected chi connectivity index (χ4v) is 3.73. The Balaban J connectivity index is 1.44. The number of aromatic nitrogens is 1. The molecule has 6 nitrogen and oxygen atoms in total. The third-order valence-electron chi connectivity index (χ3n) is 5.25. The van der Waals surface area contributed by atoms with Crippen molar-refractivity contribution in [3.05, 3.63) is 65.4 Å². The van der Waals surface area contributed by atoms with Gasteiger partial charge in [0.1, 0.15) is 0 Å². The first-order chi connectivity index (χ1) is 13.5. The number of H-pyrrole nitrogens is 1. The van der Waals surface area contributed by atoms with Gasteiger partial charge in [-0.1, -0.05) is 30.3 Å². The lowest BCUT2D eigenvalue weighted by molar-refractivity contribution is -0.123. The minimum atomic E-state index is -0.310. The van der Waals surface area contributed by atoms with E-state index in [0.29, 0.717) is 6.42 Å². The van der Waals surface area contributed by atoms with Crippen LogP contribution in [0.3, 0.4) is 0 Å². The van der Waals surface area contributed by atoms with Crippen molar-refractivity contribution in [1.82, 2.24) is 15.7 Å². The third kappa shape index (κ3) is 3.51. The van der Waals surface area contributed by atoms with E-state index in [0.717, 1.165) is 22.5 Å². The zero-order valence-corrected chi connectivity index (χ0v) is 16.4. The van der Waals surface area contributed by atoms with E-state index in [4.69, 9.17) is 0 Å². The number of hydrogen-bond acceptors (Lipinski definition) is 4. The molecule has 1 amide bonds. The highest BCUT2D eigenvalue weighted by molar-refractivity contribution is 5.89. The van der Waals surface area contributed by atoms with Gasteiger partial charge in [-0.25, -0.2) is 5.43 Å². The molecule has 1 aliphatic heterocycles. The maximum Gasteiger partial charge on any atom is 0.257 e. The van der Waals surface area contributed by atoms with Crippen molar-refractivity contribution in [3.8, 4) is 0 Å². The maximum absolute atomic E-state index is 12.6. The second kappa shape index (κ2) is 7.48. The van der Waals surface area contributed by atoms with Crippen LogP contribution in [-0.4, -0.2) is 37.2 Å². The predicted molar refractivity (Wildman–Crippen MR) is 114 cm³/mol. The smallest absolute Gasteiger partial charge is 0.257 e. The van der Waals surface area contributed by atoms with Gasteiger partial charge in [-0.2, -0.15) is 5.10 Å². The fraction of sp³-hybridized carbons (Fsp3) is 0.273. The number of anilines is 1. The number of rotatable bonds is 4. The Labute approximate surface area is 164 Å². The summed E-state index contributed by atoms with van der Waals surface area (Å²) in [6, 6.07) is 16.0. The Kier molecular flexibility index (Phi) is 4.88. The van der Waals surface area contributed by atoms with E-state index in [1.807, 2.05) is 55.4 Å². The monoisotopic (exact) mass is 375 g/mol. The zero-order valence-electron chi connectivity index (χ0n) is 16.4. The second-order valence-corrected chi connectivity index (χ2v) is 7.43. The number of fused-ring (bicyclic) bond motifs is 3. The summed E-state index contributed by atoms with van der Waals surface area (Å²) in [5, 5.41) is 8.70. The van der Waals surface area contributed by atoms with Gasteiger partial charge in [-0.3, -0.25) is 10.1 Å². The van der Waals surface area contributed by atoms with Gasteiger partial charge in [0.2, 0.25) is 0 Å². The number of aromatic amines is 1. The first kappa shape index (κ1) is 18.3. The molecule has 4 rings (SSSR count). The SMILES string of the molecule is C[C@@H]1N[C@H](C(=O)NN=Cc2ccc(N(C)C)cc2)Cc2c1[nH]c1ccccc21. The summed E-state index contributed by atoms with van der Waals surface area (Å²) in [5.41, 5.74) is 8.23. The van der Waals surface area contributed by atoms with E-state index >= 15 is 0 Å². The Hall–Kier alpha value is -3.12. The van der Waals surface area contributed by atoms with Crippen LogP contribution in [0.25, 0.3) is 10.9 Å². The van der Waals surface area contributed by atoms with Crippen LogP contribution in [0, 0.1) is 0 Å². The molecule has 2 atom stereocenters. The van der Waals surface area contributed by atoms with Crippen molar-refractivity contribution in [1.29, 1.82) is 0 Å². The number of para-hydroxylation sites is 1. The van der Waals surface area contributed by atoms with Crippen molar-refractivity contribution in [2.24, 2.45) is 5.10 Å². The molecule has 0 saturated heterocycles. The molecule has 1 aliphatic rings. The summed E-state index contributed by atoms with van der Waals surface area (Å²) < 4.78 is 0. The molecule has 3 N–H and O–H groups in total. The molecule has 0 bridgehead atoms. The third-order valence-corrected chi connectivity index (χ3v) is 5.25. The molecule has 0 saturated carbocycles. The lowest BCUT2D eigenvalue weighted by atomic mass is 9.94. The molecule has 0 spiro atoms. The highest BCUT2D eigenvalue weighted by Gasteiger charge is 2.30. The fourth-order valence-electron chi connectivity index (χ4n) is 3.73. The van der Waals surface area contributed by atoms with Crippen LogP contribution >= 0.6 is 0 Å². The summed E-state index contributed by atoms with van der Waals surface area (Å²) >= 11 is 0. The van der Waals surface area contributed by atoms with Gasteiger partial charge in [0.25, 0.3) is 5.91 Å². The molecule has 2 heterocycles. The van der Waals surface area contributed by atoms with E-state index < -0.39 is 0 Å². The normalized spacial score (nSPS) is 19.0. The standard InChI is InChI=1S/C22H25N5O/c1-14-21-18(17-6-4-5-7-19(17)25-21)12-20(24-14)22(28)26-23-13-15-8-10-16(11-9-15)27(2)3/h4-11,13-14,20,24-25H,12H2,1-3H3,(H,26,28)/t14-,20-/m0/s1. The summed E-state index contributed by atoms with van der Waals surface area (Å²) in [6.45, 7) is 2.07. The van der Waals surface area contributed by atoms with E-state index in [2.05, 4.69) is 39.9 Å². The number of carbonyl (C=O) groups is 1. The highest BCUT2D eigenvalue weighted by atomic mass is 16.2. The second-order valence-electron chi connectivity index (χ2n) is 7.43. The Morgan fingerprint density at radius 1 is 1.18 bits per heavy atom. The molecule has 0 aliphatic carbocycles. The number of hydrogen-bond donors (Lipinski definition) is 3. The molecule has 0 radical (unpaired) electrons. The van der Waals surface area contributed by atoms with Crippen LogP contribution < -0.4 is 15.6 Å². The summed E-state index contributed by atoms with van der Waals surface area (Å²) in [4.78, 5) is 18.2. The summed E-state index contributed by atoms with van der Waals surface area (Å²) in [5.74, 6) is -0.121. The topological polar surface area (TPSA) is 72.5 Å². The van der Waals surface area contributed by atoms with Crippen LogP contribution in [0.2, 0.25) is 0 Å². The van der Waals surface area contributed by atoms with Crippen molar-refractivity contribution in [3.63, 3.8) is 0 Å². The van der Waals surface area contributed by atoms with E-state index in [1.54, 1.807) is 6.21 Å². The molecule has 0 unspecified atom stereocenters. The first-order valence-corrected chi connectivity index (χ1v) is 9.49. The van der Waals surface area contributed by atoms with Gasteiger partial charge in [-0.05, 0) is 42.7 Å². The van der Waals surface area contributed by atoms with Crippen molar-refractivity contribution in [2.45, 2.75) is 25.4 Å². The molecule has 3 aromatic rings. The Bertz CT molecular complexity index is 1020. The van der Waals surface area contributed by atoms with Crippen LogP contribution in [-0.2, 0) is 11.2 Å².